The first-order valence-corrected chi connectivity index (χ1v) is 8.16. The molecule has 0 spiro atoms. The summed E-state index contributed by atoms with van der Waals surface area (Å²) in [4.78, 5) is 19.8. The Morgan fingerprint density at radius 3 is 2.91 bits per heavy atom. The van der Waals surface area contributed by atoms with Crippen LogP contribution < -0.4 is 5.73 Å². The molecule has 0 saturated heterocycles. The predicted molar refractivity (Wildman–Crippen MR) is 85.4 cm³/mol. The molecule has 2 N–H and O–H groups in total. The molecule has 0 bridgehead atoms. The Labute approximate surface area is 132 Å². The third kappa shape index (κ3) is 3.03. The van der Waals surface area contributed by atoms with Gasteiger partial charge in [-0.15, -0.1) is 11.3 Å². The van der Waals surface area contributed by atoms with Gasteiger partial charge >= 0.3 is 0 Å². The normalized spacial score (nSPS) is 14.1. The van der Waals surface area contributed by atoms with Gasteiger partial charge < -0.3 is 10.6 Å². The standard InChI is InChI=1S/C16H18FN3OS/c1-10-19-14(16(21)20(8-7-18)13-5-6-13)15(22-10)11-3-2-4-12(17)9-11/h2-4,9,13H,5-8,18H2,1H3. The fourth-order valence-corrected chi connectivity index (χ4v) is 3.42. The summed E-state index contributed by atoms with van der Waals surface area (Å²) in [7, 11) is 0. The van der Waals surface area contributed by atoms with Crippen LogP contribution in [-0.4, -0.2) is 34.9 Å². The molecule has 1 amide bonds. The predicted octanol–water partition coefficient (Wildman–Crippen LogP) is 2.82. The summed E-state index contributed by atoms with van der Waals surface area (Å²) in [6, 6.07) is 6.56. The summed E-state index contributed by atoms with van der Waals surface area (Å²) in [5.41, 5.74) is 6.73. The Hall–Kier alpha value is -1.79. The van der Waals surface area contributed by atoms with Crippen molar-refractivity contribution in [2.75, 3.05) is 13.1 Å². The average Bonchev–Trinajstić information content (AvgIpc) is 3.26. The minimum absolute atomic E-state index is 0.100. The minimum atomic E-state index is -0.317. The molecule has 4 nitrogen and oxygen atoms in total. The van der Waals surface area contributed by atoms with Crippen LogP contribution in [0.2, 0.25) is 0 Å². The van der Waals surface area contributed by atoms with Gasteiger partial charge in [-0.2, -0.15) is 0 Å². The summed E-state index contributed by atoms with van der Waals surface area (Å²) in [6.45, 7) is 2.82. The van der Waals surface area contributed by atoms with Crippen molar-refractivity contribution in [3.8, 4) is 10.4 Å². The van der Waals surface area contributed by atoms with Gasteiger partial charge in [0.1, 0.15) is 11.5 Å². The maximum absolute atomic E-state index is 13.5. The number of thiazole rings is 1. The molecular weight excluding hydrogens is 301 g/mol. The Morgan fingerprint density at radius 2 is 2.27 bits per heavy atom. The van der Waals surface area contributed by atoms with E-state index < -0.39 is 0 Å². The zero-order valence-electron chi connectivity index (χ0n) is 12.4. The molecule has 1 aliphatic rings. The van der Waals surface area contributed by atoms with Gasteiger partial charge in [0.15, 0.2) is 0 Å². The van der Waals surface area contributed by atoms with E-state index in [0.29, 0.717) is 24.3 Å². The molecule has 1 heterocycles. The van der Waals surface area contributed by atoms with Crippen molar-refractivity contribution in [2.45, 2.75) is 25.8 Å². The SMILES string of the molecule is Cc1nc(C(=O)N(CCN)C2CC2)c(-c2cccc(F)c2)s1. The van der Waals surface area contributed by atoms with Crippen LogP contribution in [0.15, 0.2) is 24.3 Å². The van der Waals surface area contributed by atoms with Crippen molar-refractivity contribution < 1.29 is 9.18 Å². The fourth-order valence-electron chi connectivity index (χ4n) is 2.51. The number of hydrogen-bond acceptors (Lipinski definition) is 4. The van der Waals surface area contributed by atoms with Crippen LogP contribution in [0.4, 0.5) is 4.39 Å². The van der Waals surface area contributed by atoms with E-state index in [2.05, 4.69) is 4.98 Å². The Morgan fingerprint density at radius 1 is 1.50 bits per heavy atom. The lowest BCUT2D eigenvalue weighted by molar-refractivity contribution is 0.0743. The van der Waals surface area contributed by atoms with Gasteiger partial charge in [-0.1, -0.05) is 12.1 Å². The largest absolute Gasteiger partial charge is 0.333 e. The number of carbonyl (C=O) groups excluding carboxylic acids is 1. The first-order valence-electron chi connectivity index (χ1n) is 7.34. The molecule has 0 radical (unpaired) electrons. The topological polar surface area (TPSA) is 59.2 Å². The number of aryl methyl sites for hydroxylation is 1. The lowest BCUT2D eigenvalue weighted by Gasteiger charge is -2.21. The summed E-state index contributed by atoms with van der Waals surface area (Å²) >= 11 is 1.42. The molecule has 1 saturated carbocycles. The quantitative estimate of drug-likeness (QED) is 0.922. The van der Waals surface area contributed by atoms with E-state index in [9.17, 15) is 9.18 Å². The van der Waals surface area contributed by atoms with Crippen molar-refractivity contribution >= 4 is 17.2 Å². The molecule has 0 unspecified atom stereocenters. The number of rotatable bonds is 5. The first-order chi connectivity index (χ1) is 10.6. The number of aromatic nitrogens is 1. The summed E-state index contributed by atoms with van der Waals surface area (Å²) < 4.78 is 13.5. The van der Waals surface area contributed by atoms with Crippen LogP contribution in [0.3, 0.4) is 0 Å². The molecule has 3 rings (SSSR count). The number of nitrogens with zero attached hydrogens (tertiary/aromatic N) is 2. The second-order valence-electron chi connectivity index (χ2n) is 5.44. The van der Waals surface area contributed by atoms with E-state index in [1.807, 2.05) is 6.92 Å². The third-order valence-electron chi connectivity index (χ3n) is 3.64. The molecule has 1 fully saturated rings. The second-order valence-corrected chi connectivity index (χ2v) is 6.64. The molecule has 116 valence electrons. The third-order valence-corrected chi connectivity index (χ3v) is 4.66. The van der Waals surface area contributed by atoms with E-state index in [1.165, 1.54) is 23.5 Å². The number of nitrogens with two attached hydrogens (primary N) is 1. The number of amides is 1. The summed E-state index contributed by atoms with van der Waals surface area (Å²) in [5, 5.41) is 0.797. The molecule has 1 aromatic heterocycles. The van der Waals surface area contributed by atoms with Crippen molar-refractivity contribution in [1.29, 1.82) is 0 Å². The molecule has 1 aliphatic carbocycles. The van der Waals surface area contributed by atoms with E-state index >= 15 is 0 Å². The molecule has 1 aromatic carbocycles. The number of carbonyl (C=O) groups is 1. The van der Waals surface area contributed by atoms with Gasteiger partial charge in [0, 0.05) is 19.1 Å². The highest BCUT2D eigenvalue weighted by Gasteiger charge is 2.34. The van der Waals surface area contributed by atoms with Crippen molar-refractivity contribution in [3.63, 3.8) is 0 Å². The molecule has 6 heteroatoms. The molecule has 22 heavy (non-hydrogen) atoms. The van der Waals surface area contributed by atoms with Gasteiger partial charge in [-0.3, -0.25) is 4.79 Å². The highest BCUT2D eigenvalue weighted by molar-refractivity contribution is 7.15. The van der Waals surface area contributed by atoms with Crippen LogP contribution in [0.1, 0.15) is 28.3 Å². The Balaban J connectivity index is 1.98. The van der Waals surface area contributed by atoms with Crippen LogP contribution in [0.25, 0.3) is 10.4 Å². The zero-order valence-corrected chi connectivity index (χ0v) is 13.2. The lowest BCUT2D eigenvalue weighted by atomic mass is 10.1. The summed E-state index contributed by atoms with van der Waals surface area (Å²) in [5.74, 6) is -0.417. The first kappa shape index (κ1) is 15.1. The van der Waals surface area contributed by atoms with Crippen molar-refractivity contribution in [2.24, 2.45) is 5.73 Å². The molecule has 0 atom stereocenters. The van der Waals surface area contributed by atoms with Crippen molar-refractivity contribution in [1.82, 2.24) is 9.88 Å². The fraction of sp³-hybridized carbons (Fsp3) is 0.375. The highest BCUT2D eigenvalue weighted by Crippen LogP contribution is 2.34. The molecular formula is C16H18FN3OS. The lowest BCUT2D eigenvalue weighted by Crippen LogP contribution is -2.37. The van der Waals surface area contributed by atoms with Gasteiger partial charge in [-0.05, 0) is 37.5 Å². The van der Waals surface area contributed by atoms with E-state index in [1.54, 1.807) is 17.0 Å². The molecule has 0 aliphatic heterocycles. The second kappa shape index (κ2) is 6.14. The maximum atomic E-state index is 13.5. The zero-order chi connectivity index (χ0) is 15.7. The Kier molecular flexibility index (Phi) is 4.22. The van der Waals surface area contributed by atoms with Crippen LogP contribution >= 0.6 is 11.3 Å². The Bertz CT molecular complexity index is 696. The van der Waals surface area contributed by atoms with Crippen LogP contribution in [0, 0.1) is 12.7 Å². The van der Waals surface area contributed by atoms with Crippen molar-refractivity contribution in [3.05, 3.63) is 40.8 Å². The number of hydrogen-bond donors (Lipinski definition) is 1. The minimum Gasteiger partial charge on any atom is -0.333 e. The maximum Gasteiger partial charge on any atom is 0.274 e. The van der Waals surface area contributed by atoms with Gasteiger partial charge in [0.2, 0.25) is 0 Å². The average molecular weight is 319 g/mol. The van der Waals surface area contributed by atoms with Gasteiger partial charge in [0.25, 0.3) is 5.91 Å². The van der Waals surface area contributed by atoms with Crippen LogP contribution in [0.5, 0.6) is 0 Å². The smallest absolute Gasteiger partial charge is 0.274 e. The molecule has 2 aromatic rings. The number of halogens is 1. The summed E-state index contributed by atoms with van der Waals surface area (Å²) in [6.07, 6.45) is 2.04. The van der Waals surface area contributed by atoms with Gasteiger partial charge in [-0.25, -0.2) is 9.37 Å². The van der Waals surface area contributed by atoms with E-state index in [-0.39, 0.29) is 17.8 Å². The van der Waals surface area contributed by atoms with E-state index in [4.69, 9.17) is 5.73 Å². The number of benzene rings is 1. The highest BCUT2D eigenvalue weighted by atomic mass is 32.1. The monoisotopic (exact) mass is 319 g/mol. The van der Waals surface area contributed by atoms with Gasteiger partial charge in [0.05, 0.1) is 9.88 Å². The van der Waals surface area contributed by atoms with Crippen LogP contribution in [-0.2, 0) is 0 Å². The van der Waals surface area contributed by atoms with E-state index in [0.717, 1.165) is 22.7 Å².